The van der Waals surface area contributed by atoms with Crippen LogP contribution in [0.3, 0.4) is 0 Å². The van der Waals surface area contributed by atoms with E-state index in [1.54, 1.807) is 6.92 Å². The molecule has 0 amide bonds. The molecule has 1 aliphatic carbocycles. The number of hydrogen-bond donors (Lipinski definition) is 0. The molecular formula is C26H25F2N5O2. The second-order valence-electron chi connectivity index (χ2n) is 9.48. The van der Waals surface area contributed by atoms with Gasteiger partial charge in [-0.25, -0.2) is 8.78 Å². The van der Waals surface area contributed by atoms with Crippen LogP contribution in [0.15, 0.2) is 46.1 Å². The third kappa shape index (κ3) is 3.61. The molecule has 180 valence electrons. The maximum atomic E-state index is 14.2. The molecule has 2 aromatic heterocycles. The molecule has 1 atom stereocenters. The molecule has 2 aliphatic rings. The van der Waals surface area contributed by atoms with E-state index in [1.807, 2.05) is 6.07 Å². The van der Waals surface area contributed by atoms with Gasteiger partial charge in [0.25, 0.3) is 5.89 Å². The van der Waals surface area contributed by atoms with Crippen molar-refractivity contribution >= 4 is 16.6 Å². The molecule has 2 aromatic carbocycles. The van der Waals surface area contributed by atoms with Crippen LogP contribution in [0.25, 0.3) is 22.3 Å². The summed E-state index contributed by atoms with van der Waals surface area (Å²) < 4.78 is 35.4. The second-order valence-corrected chi connectivity index (χ2v) is 9.48. The lowest BCUT2D eigenvalue weighted by atomic mass is 9.95. The van der Waals surface area contributed by atoms with Gasteiger partial charge in [-0.1, -0.05) is 48.3 Å². The number of nitrogens with zero attached hydrogens (tertiary/aromatic N) is 5. The van der Waals surface area contributed by atoms with Crippen molar-refractivity contribution in [3.05, 3.63) is 65.2 Å². The van der Waals surface area contributed by atoms with Crippen molar-refractivity contribution in [2.45, 2.75) is 64.0 Å². The van der Waals surface area contributed by atoms with Gasteiger partial charge in [-0.15, -0.1) is 0 Å². The van der Waals surface area contributed by atoms with Crippen LogP contribution in [0.1, 0.15) is 69.1 Å². The Labute approximate surface area is 200 Å². The van der Waals surface area contributed by atoms with Gasteiger partial charge in [-0.3, -0.25) is 4.68 Å². The molecular weight excluding hydrogens is 452 g/mol. The van der Waals surface area contributed by atoms with Gasteiger partial charge < -0.3 is 9.36 Å². The van der Waals surface area contributed by atoms with E-state index in [0.717, 1.165) is 47.8 Å². The van der Waals surface area contributed by atoms with E-state index >= 15 is 0 Å². The molecule has 0 spiro atoms. The largest absolute Gasteiger partial charge is 0.379 e. The first-order chi connectivity index (χ1) is 17.0. The van der Waals surface area contributed by atoms with Crippen molar-refractivity contribution in [3.63, 3.8) is 0 Å². The number of benzene rings is 2. The van der Waals surface area contributed by atoms with E-state index in [2.05, 4.69) is 39.0 Å². The molecule has 0 bridgehead atoms. The van der Waals surface area contributed by atoms with E-state index in [-0.39, 0.29) is 17.3 Å². The zero-order valence-electron chi connectivity index (χ0n) is 19.6. The number of halogens is 2. The third-order valence-corrected chi connectivity index (χ3v) is 7.06. The molecule has 9 heteroatoms. The zero-order chi connectivity index (χ0) is 24.2. The predicted molar refractivity (Wildman–Crippen MR) is 126 cm³/mol. The van der Waals surface area contributed by atoms with Gasteiger partial charge in [-0.05, 0) is 44.4 Å². The Morgan fingerprint density at radius 2 is 1.97 bits per heavy atom. The van der Waals surface area contributed by atoms with Crippen LogP contribution in [0.5, 0.6) is 0 Å². The Bertz CT molecular complexity index is 1450. The average molecular weight is 478 g/mol. The third-order valence-electron chi connectivity index (χ3n) is 7.06. The summed E-state index contributed by atoms with van der Waals surface area (Å²) in [5.74, 6) is -1.88. The minimum atomic E-state index is -1.02. The van der Waals surface area contributed by atoms with Crippen molar-refractivity contribution in [1.82, 2.24) is 19.9 Å². The molecule has 0 N–H and O–H groups in total. The fourth-order valence-corrected chi connectivity index (χ4v) is 5.10. The monoisotopic (exact) mass is 477 g/mol. The zero-order valence-corrected chi connectivity index (χ0v) is 19.6. The highest BCUT2D eigenvalue weighted by Crippen LogP contribution is 2.38. The van der Waals surface area contributed by atoms with Crippen molar-refractivity contribution < 1.29 is 18.1 Å². The van der Waals surface area contributed by atoms with Gasteiger partial charge in [0.2, 0.25) is 11.4 Å². The quantitative estimate of drug-likeness (QED) is 0.348. The number of aryl methyl sites for hydroxylation is 1. The summed E-state index contributed by atoms with van der Waals surface area (Å²) >= 11 is 0. The fourth-order valence-electron chi connectivity index (χ4n) is 5.10. The lowest BCUT2D eigenvalue weighted by molar-refractivity contribution is -0.0313. The number of fused-ring (bicyclic) bond motifs is 1. The second kappa shape index (κ2) is 8.25. The molecule has 6 rings (SSSR count). The summed E-state index contributed by atoms with van der Waals surface area (Å²) in [7, 11) is 0. The highest BCUT2D eigenvalue weighted by atomic mass is 19.2. The predicted octanol–water partition coefficient (Wildman–Crippen LogP) is 6.08. The molecule has 1 fully saturated rings. The summed E-state index contributed by atoms with van der Waals surface area (Å²) in [5, 5.41) is 14.3. The standard InChI is InChI=1S/C26H25F2N5O2/c1-3-20-17-12-11-15(13-22(17)33(30-20)16-7-4-5-8-16)21-14-26(2,35-31-21)25-29-24(32-34-25)18-9-6-10-19(27)23(18)28/h6,9-13,16H,3-5,7-8,14H2,1-2H3. The van der Waals surface area contributed by atoms with Crippen LogP contribution in [0.4, 0.5) is 8.78 Å². The summed E-state index contributed by atoms with van der Waals surface area (Å²) in [6.07, 6.45) is 6.04. The van der Waals surface area contributed by atoms with Gasteiger partial charge in [0.15, 0.2) is 11.6 Å². The van der Waals surface area contributed by atoms with Crippen molar-refractivity contribution in [1.29, 1.82) is 0 Å². The van der Waals surface area contributed by atoms with Crippen LogP contribution >= 0.6 is 0 Å². The van der Waals surface area contributed by atoms with E-state index in [1.165, 1.54) is 30.4 Å². The smallest absolute Gasteiger partial charge is 0.274 e. The first kappa shape index (κ1) is 21.9. The minimum Gasteiger partial charge on any atom is -0.379 e. The highest BCUT2D eigenvalue weighted by molar-refractivity contribution is 6.04. The Morgan fingerprint density at radius 1 is 1.14 bits per heavy atom. The summed E-state index contributed by atoms with van der Waals surface area (Å²) in [5.41, 5.74) is 2.84. The van der Waals surface area contributed by atoms with E-state index < -0.39 is 17.2 Å². The van der Waals surface area contributed by atoms with Crippen LogP contribution < -0.4 is 0 Å². The van der Waals surface area contributed by atoms with Gasteiger partial charge >= 0.3 is 0 Å². The van der Waals surface area contributed by atoms with Crippen LogP contribution in [-0.4, -0.2) is 25.6 Å². The van der Waals surface area contributed by atoms with Crippen molar-refractivity contribution in [2.75, 3.05) is 0 Å². The SMILES string of the molecule is CCc1nn(C2CCCC2)c2cc(C3=NOC(C)(c4nc(-c5cccc(F)c5F)no4)C3)ccc12. The first-order valence-electron chi connectivity index (χ1n) is 12.0. The van der Waals surface area contributed by atoms with Gasteiger partial charge in [-0.2, -0.15) is 10.1 Å². The molecule has 1 unspecified atom stereocenters. The summed E-state index contributed by atoms with van der Waals surface area (Å²) in [4.78, 5) is 10.1. The summed E-state index contributed by atoms with van der Waals surface area (Å²) in [6.45, 7) is 3.92. The Balaban J connectivity index is 1.30. The maximum Gasteiger partial charge on any atom is 0.274 e. The molecule has 7 nitrogen and oxygen atoms in total. The van der Waals surface area contributed by atoms with Crippen LogP contribution in [0, 0.1) is 11.6 Å². The maximum absolute atomic E-state index is 14.2. The van der Waals surface area contributed by atoms with Crippen LogP contribution in [0.2, 0.25) is 0 Å². The van der Waals surface area contributed by atoms with Crippen molar-refractivity contribution in [2.24, 2.45) is 5.16 Å². The topological polar surface area (TPSA) is 78.3 Å². The lowest BCUT2D eigenvalue weighted by Gasteiger charge is -2.15. The highest BCUT2D eigenvalue weighted by Gasteiger charge is 2.42. The van der Waals surface area contributed by atoms with Gasteiger partial charge in [0.05, 0.1) is 28.5 Å². The molecule has 3 heterocycles. The fraction of sp³-hybridized carbons (Fsp3) is 0.385. The Hall–Kier alpha value is -3.62. The van der Waals surface area contributed by atoms with E-state index in [4.69, 9.17) is 14.5 Å². The molecule has 35 heavy (non-hydrogen) atoms. The summed E-state index contributed by atoms with van der Waals surface area (Å²) in [6, 6.07) is 10.6. The van der Waals surface area contributed by atoms with E-state index in [9.17, 15) is 8.78 Å². The molecule has 4 aromatic rings. The van der Waals surface area contributed by atoms with Gasteiger partial charge in [0, 0.05) is 17.4 Å². The molecule has 1 aliphatic heterocycles. The first-order valence-corrected chi connectivity index (χ1v) is 12.0. The molecule has 0 radical (unpaired) electrons. The molecule has 0 saturated heterocycles. The lowest BCUT2D eigenvalue weighted by Crippen LogP contribution is -2.22. The Kier molecular flexibility index (Phi) is 5.16. The average Bonchev–Trinajstić information content (AvgIpc) is 3.66. The van der Waals surface area contributed by atoms with Crippen molar-refractivity contribution in [3.8, 4) is 11.4 Å². The normalized spacial score (nSPS) is 20.5. The Morgan fingerprint density at radius 3 is 2.77 bits per heavy atom. The van der Waals surface area contributed by atoms with Gasteiger partial charge in [0.1, 0.15) is 0 Å². The molecule has 1 saturated carbocycles. The van der Waals surface area contributed by atoms with Crippen LogP contribution in [-0.2, 0) is 16.9 Å². The van der Waals surface area contributed by atoms with E-state index in [0.29, 0.717) is 12.5 Å². The number of aromatic nitrogens is 4. The number of oxime groups is 1. The minimum absolute atomic E-state index is 0.0377. The number of hydrogen-bond acceptors (Lipinski definition) is 6. The number of rotatable bonds is 5.